The van der Waals surface area contributed by atoms with Crippen LogP contribution in [0.2, 0.25) is 25.7 Å². The maximum Gasteiger partial charge on any atom is 0.228 e. The van der Waals surface area contributed by atoms with Gasteiger partial charge in [0.05, 0.1) is 47.8 Å². The molecule has 4 bridgehead atoms. The van der Waals surface area contributed by atoms with E-state index in [1.54, 1.807) is 4.68 Å². The number of nitrogens with zero attached hydrogens (tertiary/aromatic N) is 6. The van der Waals surface area contributed by atoms with Crippen molar-refractivity contribution in [2.75, 3.05) is 37.0 Å². The molecule has 1 fully saturated rings. The zero-order valence-electron chi connectivity index (χ0n) is 31.5. The number of nitriles is 1. The first-order chi connectivity index (χ1) is 26.7. The Morgan fingerprint density at radius 2 is 1.87 bits per heavy atom. The van der Waals surface area contributed by atoms with E-state index in [4.69, 9.17) is 23.9 Å². The maximum absolute atomic E-state index is 13.8. The second-order valence-corrected chi connectivity index (χ2v) is 20.6. The Hall–Kier alpha value is -5.62. The van der Waals surface area contributed by atoms with Gasteiger partial charge in [-0.2, -0.15) is 29.6 Å². The van der Waals surface area contributed by atoms with E-state index in [9.17, 15) is 10.1 Å². The third-order valence-corrected chi connectivity index (χ3v) is 11.3. The van der Waals surface area contributed by atoms with Gasteiger partial charge in [0.1, 0.15) is 19.1 Å². The molecular formula is C41H46N8O5Si-. The summed E-state index contributed by atoms with van der Waals surface area (Å²) in [6.45, 7) is 9.96. The van der Waals surface area contributed by atoms with Crippen molar-refractivity contribution in [1.82, 2.24) is 25.2 Å². The minimum Gasteiger partial charge on any atom is -0.493 e. The lowest BCUT2D eigenvalue weighted by Crippen LogP contribution is -2.33. The van der Waals surface area contributed by atoms with Crippen LogP contribution in [0.3, 0.4) is 0 Å². The molecule has 2 aliphatic heterocycles. The van der Waals surface area contributed by atoms with E-state index >= 15 is 0 Å². The number of aromatic nitrogens is 5. The van der Waals surface area contributed by atoms with E-state index < -0.39 is 8.07 Å². The Bertz CT molecular complexity index is 2170. The number of hydrogen-bond donors (Lipinski definition) is 2. The van der Waals surface area contributed by atoms with Gasteiger partial charge in [0, 0.05) is 42.5 Å². The van der Waals surface area contributed by atoms with Gasteiger partial charge in [-0.15, -0.1) is 19.2 Å². The second-order valence-electron chi connectivity index (χ2n) is 15.0. The summed E-state index contributed by atoms with van der Waals surface area (Å²) in [5, 5.41) is 28.5. The van der Waals surface area contributed by atoms with E-state index in [0.29, 0.717) is 67.9 Å². The van der Waals surface area contributed by atoms with Crippen molar-refractivity contribution in [3.63, 3.8) is 0 Å². The number of carbonyl (C=O) groups excluding carboxylic acids is 1. The SMILES string of the molecule is C[Si-](C)(C)CCOCn1nnnc1-c1ccc(NC(=O)Cc2ccc3cc2OCCCc2cc(C#N)ccc2COc2cccc-3n2)c(NC[C@@H]2CCO2)c1. The number of fused-ring (bicyclic) bond motifs is 6. The van der Waals surface area contributed by atoms with Crippen molar-refractivity contribution < 1.29 is 23.7 Å². The molecule has 14 heteroatoms. The number of ether oxygens (including phenoxy) is 4. The number of tetrazole rings is 1. The molecule has 7 rings (SSSR count). The topological polar surface area (TPSA) is 158 Å². The predicted octanol–water partition coefficient (Wildman–Crippen LogP) is 6.87. The summed E-state index contributed by atoms with van der Waals surface area (Å²) in [5.74, 6) is 1.48. The van der Waals surface area contributed by atoms with E-state index in [1.807, 2.05) is 72.8 Å². The highest BCUT2D eigenvalue weighted by molar-refractivity contribution is 6.76. The number of hydrogen-bond acceptors (Lipinski definition) is 11. The van der Waals surface area contributed by atoms with Gasteiger partial charge in [-0.1, -0.05) is 24.3 Å². The maximum atomic E-state index is 13.8. The van der Waals surface area contributed by atoms with Crippen LogP contribution in [0.25, 0.3) is 22.6 Å². The van der Waals surface area contributed by atoms with Crippen LogP contribution < -0.4 is 20.1 Å². The predicted molar refractivity (Wildman–Crippen MR) is 212 cm³/mol. The van der Waals surface area contributed by atoms with E-state index in [-0.39, 0.29) is 25.2 Å². The zero-order chi connectivity index (χ0) is 38.2. The summed E-state index contributed by atoms with van der Waals surface area (Å²) in [6, 6.07) is 26.1. The molecule has 2 aromatic heterocycles. The molecule has 0 saturated carbocycles. The molecule has 55 heavy (non-hydrogen) atoms. The van der Waals surface area contributed by atoms with Crippen molar-refractivity contribution in [3.05, 3.63) is 95.1 Å². The van der Waals surface area contributed by atoms with Crippen LogP contribution in [0.5, 0.6) is 11.6 Å². The standard InChI is InChI=1S/C41H46N8O5Si/c1-55(2,3)19-18-51-27-49-41(46-47-48-49)32-13-14-36(37(21-32)43-25-34-15-17-52-34)44-39(50)23-31-12-11-30-22-38(31)53-16-5-6-29-20-28(24-42)9-10-33(29)26-54-40-8-4-7-35(30)45-40/h4,7-14,20-22,34,43H,5-6,15-19,23,25-27H2,1-3H3,(H,44,50)/q-1/t34-/m0/s1. The molecule has 285 valence electrons. The van der Waals surface area contributed by atoms with Gasteiger partial charge in [0.25, 0.3) is 0 Å². The van der Waals surface area contributed by atoms with Gasteiger partial charge in [0.2, 0.25) is 11.8 Å². The van der Waals surface area contributed by atoms with E-state index in [2.05, 4.69) is 51.9 Å². The number of anilines is 2. The lowest BCUT2D eigenvalue weighted by molar-refractivity contribution is -0.115. The van der Waals surface area contributed by atoms with E-state index in [0.717, 1.165) is 58.3 Å². The fourth-order valence-electron chi connectivity index (χ4n) is 6.32. The van der Waals surface area contributed by atoms with Gasteiger partial charge in [-0.3, -0.25) is 4.79 Å². The lowest BCUT2D eigenvalue weighted by atomic mass is 10.0. The highest BCUT2D eigenvalue weighted by atomic mass is 28.3. The average Bonchev–Trinajstić information content (AvgIpc) is 3.63. The van der Waals surface area contributed by atoms with Crippen molar-refractivity contribution in [2.24, 2.45) is 0 Å². The summed E-state index contributed by atoms with van der Waals surface area (Å²) in [6.07, 6.45) is 2.57. The number of amides is 1. The fourth-order valence-corrected chi connectivity index (χ4v) is 7.08. The zero-order valence-corrected chi connectivity index (χ0v) is 32.5. The third-order valence-electron chi connectivity index (χ3n) is 9.60. The molecule has 2 aliphatic rings. The largest absolute Gasteiger partial charge is 0.493 e. The molecule has 0 spiro atoms. The van der Waals surface area contributed by atoms with Crippen molar-refractivity contribution in [1.29, 1.82) is 5.26 Å². The Kier molecular flexibility index (Phi) is 11.8. The second kappa shape index (κ2) is 17.2. The lowest BCUT2D eigenvalue weighted by Gasteiger charge is -2.27. The molecule has 0 radical (unpaired) electrons. The molecule has 3 aromatic carbocycles. The van der Waals surface area contributed by atoms with Gasteiger partial charge >= 0.3 is 0 Å². The van der Waals surface area contributed by atoms with Crippen LogP contribution in [0.4, 0.5) is 11.4 Å². The van der Waals surface area contributed by atoms with Gasteiger partial charge in [-0.05, 0) is 83.3 Å². The first-order valence-corrected chi connectivity index (χ1v) is 22.4. The van der Waals surface area contributed by atoms with Gasteiger partial charge in [-0.25, -0.2) is 4.98 Å². The summed E-state index contributed by atoms with van der Waals surface area (Å²) < 4.78 is 25.7. The number of nitrogens with one attached hydrogen (secondary N) is 2. The molecule has 13 nitrogen and oxygen atoms in total. The average molecular weight is 759 g/mol. The van der Waals surface area contributed by atoms with Crippen LogP contribution >= 0.6 is 0 Å². The van der Waals surface area contributed by atoms with Gasteiger partial charge in [0.15, 0.2) is 5.82 Å². The van der Waals surface area contributed by atoms with Crippen LogP contribution in [0, 0.1) is 11.3 Å². The highest BCUT2D eigenvalue weighted by Gasteiger charge is 2.20. The molecule has 4 heterocycles. The minimum absolute atomic E-state index is 0.0838. The first-order valence-electron chi connectivity index (χ1n) is 18.7. The third kappa shape index (κ3) is 9.93. The monoisotopic (exact) mass is 758 g/mol. The molecule has 0 aliphatic carbocycles. The number of benzene rings is 3. The Labute approximate surface area is 322 Å². The van der Waals surface area contributed by atoms with E-state index in [1.165, 1.54) is 0 Å². The Balaban J connectivity index is 1.09. The van der Waals surface area contributed by atoms with Crippen LogP contribution in [-0.2, 0) is 40.4 Å². The number of aryl methyl sites for hydroxylation is 1. The smallest absolute Gasteiger partial charge is 0.228 e. The van der Waals surface area contributed by atoms with Crippen molar-refractivity contribution >= 4 is 25.4 Å². The van der Waals surface area contributed by atoms with Crippen LogP contribution in [0.15, 0.2) is 72.8 Å². The number of carbonyl (C=O) groups is 1. The minimum atomic E-state index is -1.23. The summed E-state index contributed by atoms with van der Waals surface area (Å²) >= 11 is 0. The Morgan fingerprint density at radius 3 is 2.69 bits per heavy atom. The Morgan fingerprint density at radius 1 is 1.00 bits per heavy atom. The van der Waals surface area contributed by atoms with Crippen LogP contribution in [-0.4, -0.2) is 71.6 Å². The summed E-state index contributed by atoms with van der Waals surface area (Å²) in [7, 11) is -1.23. The van der Waals surface area contributed by atoms with Gasteiger partial charge < -0.3 is 29.6 Å². The van der Waals surface area contributed by atoms with Crippen LogP contribution in [0.1, 0.15) is 35.1 Å². The number of rotatable bonds is 12. The summed E-state index contributed by atoms with van der Waals surface area (Å²) in [5.41, 5.74) is 7.11. The molecule has 5 aromatic rings. The van der Waals surface area contributed by atoms with Crippen molar-refractivity contribution in [3.8, 4) is 40.3 Å². The fraction of sp³-hybridized carbons (Fsp3) is 0.366. The van der Waals surface area contributed by atoms with Crippen molar-refractivity contribution in [2.45, 2.75) is 70.8 Å². The molecule has 0 unspecified atom stereocenters. The molecule has 1 saturated heterocycles. The first kappa shape index (κ1) is 37.7. The molecule has 1 amide bonds. The molecular weight excluding hydrogens is 713 g/mol. The quantitative estimate of drug-likeness (QED) is 0.101. The normalized spacial score (nSPS) is 15.3. The highest BCUT2D eigenvalue weighted by Crippen LogP contribution is 2.32. The summed E-state index contributed by atoms with van der Waals surface area (Å²) in [4.78, 5) is 18.5. The molecule has 2 N–H and O–H groups in total. The number of pyridine rings is 1. The molecule has 1 atom stereocenters.